The Hall–Kier alpha value is -1.54. The Morgan fingerprint density at radius 3 is 2.71 bits per heavy atom. The molecule has 0 saturated heterocycles. The first-order valence-electron chi connectivity index (χ1n) is 5.60. The Morgan fingerprint density at radius 1 is 1.24 bits per heavy atom. The van der Waals surface area contributed by atoms with Crippen LogP contribution in [-0.4, -0.2) is 4.98 Å². The molecule has 0 fully saturated rings. The van der Waals surface area contributed by atoms with Gasteiger partial charge in [0.05, 0.1) is 16.9 Å². The van der Waals surface area contributed by atoms with E-state index in [1.54, 1.807) is 18.5 Å². The van der Waals surface area contributed by atoms with Crippen LogP contribution in [0.15, 0.2) is 42.7 Å². The van der Waals surface area contributed by atoms with Gasteiger partial charge in [-0.2, -0.15) is 0 Å². The van der Waals surface area contributed by atoms with E-state index in [0.29, 0.717) is 5.02 Å². The first-order valence-corrected chi connectivity index (χ1v) is 5.98. The fourth-order valence-electron chi connectivity index (χ4n) is 1.87. The van der Waals surface area contributed by atoms with E-state index in [0.717, 1.165) is 5.69 Å². The molecule has 1 heterocycles. The van der Waals surface area contributed by atoms with E-state index in [1.165, 1.54) is 11.1 Å². The normalized spacial score (nSPS) is 12.2. The highest BCUT2D eigenvalue weighted by molar-refractivity contribution is 6.33. The number of rotatable bonds is 3. The molecule has 88 valence electrons. The average molecular weight is 247 g/mol. The molecule has 17 heavy (non-hydrogen) atoms. The molecule has 0 amide bonds. The summed E-state index contributed by atoms with van der Waals surface area (Å²) in [6.45, 7) is 4.23. The molecule has 1 N–H and O–H groups in total. The van der Waals surface area contributed by atoms with E-state index >= 15 is 0 Å². The smallest absolute Gasteiger partial charge is 0.0720 e. The number of benzene rings is 1. The van der Waals surface area contributed by atoms with Crippen molar-refractivity contribution in [1.29, 1.82) is 0 Å². The molecule has 0 bridgehead atoms. The van der Waals surface area contributed by atoms with Gasteiger partial charge in [0.1, 0.15) is 0 Å². The number of hydrogen-bond acceptors (Lipinski definition) is 2. The second kappa shape index (κ2) is 5.19. The summed E-state index contributed by atoms with van der Waals surface area (Å²) in [6.07, 6.45) is 3.43. The number of aryl methyl sites for hydroxylation is 1. The maximum Gasteiger partial charge on any atom is 0.0720 e. The van der Waals surface area contributed by atoms with Crippen molar-refractivity contribution in [3.63, 3.8) is 0 Å². The number of nitrogens with one attached hydrogen (secondary N) is 1. The highest BCUT2D eigenvalue weighted by Crippen LogP contribution is 2.26. The molecule has 0 aliphatic rings. The van der Waals surface area contributed by atoms with Crippen LogP contribution in [0.1, 0.15) is 24.1 Å². The topological polar surface area (TPSA) is 24.9 Å². The van der Waals surface area contributed by atoms with E-state index in [9.17, 15) is 0 Å². The van der Waals surface area contributed by atoms with Gasteiger partial charge >= 0.3 is 0 Å². The van der Waals surface area contributed by atoms with Crippen molar-refractivity contribution in [2.24, 2.45) is 0 Å². The molecule has 1 atom stereocenters. The third kappa shape index (κ3) is 2.77. The molecular formula is C14H15ClN2. The summed E-state index contributed by atoms with van der Waals surface area (Å²) in [5, 5.41) is 4.07. The van der Waals surface area contributed by atoms with Gasteiger partial charge in [-0.3, -0.25) is 4.98 Å². The summed E-state index contributed by atoms with van der Waals surface area (Å²) in [6, 6.07) is 10.3. The average Bonchev–Trinajstić information content (AvgIpc) is 2.32. The van der Waals surface area contributed by atoms with Gasteiger partial charge in [0.2, 0.25) is 0 Å². The summed E-state index contributed by atoms with van der Waals surface area (Å²) < 4.78 is 0. The van der Waals surface area contributed by atoms with Crippen LogP contribution in [0, 0.1) is 6.92 Å². The van der Waals surface area contributed by atoms with Crippen molar-refractivity contribution in [1.82, 2.24) is 4.98 Å². The zero-order chi connectivity index (χ0) is 12.3. The second-order valence-corrected chi connectivity index (χ2v) is 4.49. The molecule has 1 aromatic carbocycles. The van der Waals surface area contributed by atoms with Gasteiger partial charge in [-0.1, -0.05) is 35.9 Å². The van der Waals surface area contributed by atoms with E-state index < -0.39 is 0 Å². The minimum Gasteiger partial charge on any atom is -0.376 e. The van der Waals surface area contributed by atoms with E-state index in [2.05, 4.69) is 36.3 Å². The fraction of sp³-hybridized carbons (Fsp3) is 0.214. The molecule has 2 rings (SSSR count). The summed E-state index contributed by atoms with van der Waals surface area (Å²) >= 11 is 6.09. The molecule has 2 nitrogen and oxygen atoms in total. The maximum atomic E-state index is 6.09. The van der Waals surface area contributed by atoms with Crippen molar-refractivity contribution in [3.05, 3.63) is 58.9 Å². The number of anilines is 1. The lowest BCUT2D eigenvalue weighted by atomic mass is 10.0. The number of pyridine rings is 1. The van der Waals surface area contributed by atoms with Crippen LogP contribution >= 0.6 is 11.6 Å². The predicted octanol–water partition coefficient (Wildman–Crippen LogP) is 4.22. The summed E-state index contributed by atoms with van der Waals surface area (Å²) in [5.41, 5.74) is 3.41. The minimum absolute atomic E-state index is 0.206. The van der Waals surface area contributed by atoms with Gasteiger partial charge in [-0.25, -0.2) is 0 Å². The zero-order valence-electron chi connectivity index (χ0n) is 9.94. The van der Waals surface area contributed by atoms with Crippen molar-refractivity contribution >= 4 is 17.3 Å². The summed E-state index contributed by atoms with van der Waals surface area (Å²) in [5.74, 6) is 0. The largest absolute Gasteiger partial charge is 0.376 e. The van der Waals surface area contributed by atoms with Crippen molar-refractivity contribution < 1.29 is 0 Å². The molecule has 3 heteroatoms. The molecule has 1 unspecified atom stereocenters. The van der Waals surface area contributed by atoms with Gasteiger partial charge in [0, 0.05) is 12.2 Å². The van der Waals surface area contributed by atoms with Crippen LogP contribution in [0.3, 0.4) is 0 Å². The third-order valence-electron chi connectivity index (χ3n) is 2.79. The number of aromatic nitrogens is 1. The van der Waals surface area contributed by atoms with E-state index in [1.807, 2.05) is 12.1 Å². The van der Waals surface area contributed by atoms with Crippen molar-refractivity contribution in [3.8, 4) is 0 Å². The number of hydrogen-bond donors (Lipinski definition) is 1. The van der Waals surface area contributed by atoms with Gasteiger partial charge in [0.15, 0.2) is 0 Å². The number of halogens is 1. The van der Waals surface area contributed by atoms with Crippen LogP contribution in [0.25, 0.3) is 0 Å². The molecule has 0 aliphatic carbocycles. The van der Waals surface area contributed by atoms with Gasteiger partial charge in [0.25, 0.3) is 0 Å². The van der Waals surface area contributed by atoms with Crippen LogP contribution in [-0.2, 0) is 0 Å². The van der Waals surface area contributed by atoms with E-state index in [4.69, 9.17) is 11.6 Å². The molecular weight excluding hydrogens is 232 g/mol. The van der Waals surface area contributed by atoms with Crippen LogP contribution < -0.4 is 5.32 Å². The SMILES string of the molecule is Cc1ccccc1C(C)Nc1cnccc1Cl. The summed E-state index contributed by atoms with van der Waals surface area (Å²) in [4.78, 5) is 4.07. The summed E-state index contributed by atoms with van der Waals surface area (Å²) in [7, 11) is 0. The lowest BCUT2D eigenvalue weighted by Gasteiger charge is -2.18. The van der Waals surface area contributed by atoms with Crippen LogP contribution in [0.2, 0.25) is 5.02 Å². The Labute approximate surface area is 107 Å². The van der Waals surface area contributed by atoms with Crippen molar-refractivity contribution in [2.75, 3.05) is 5.32 Å². The Kier molecular flexibility index (Phi) is 3.64. The lowest BCUT2D eigenvalue weighted by Crippen LogP contribution is -2.08. The molecule has 0 saturated carbocycles. The Morgan fingerprint density at radius 2 is 2.00 bits per heavy atom. The molecule has 1 aromatic heterocycles. The lowest BCUT2D eigenvalue weighted by molar-refractivity contribution is 0.872. The second-order valence-electron chi connectivity index (χ2n) is 4.08. The van der Waals surface area contributed by atoms with E-state index in [-0.39, 0.29) is 6.04 Å². The van der Waals surface area contributed by atoms with Crippen LogP contribution in [0.5, 0.6) is 0 Å². The number of nitrogens with zero attached hydrogens (tertiary/aromatic N) is 1. The Balaban J connectivity index is 2.20. The highest BCUT2D eigenvalue weighted by atomic mass is 35.5. The molecule has 0 aliphatic heterocycles. The first kappa shape index (κ1) is 11.9. The van der Waals surface area contributed by atoms with Crippen molar-refractivity contribution in [2.45, 2.75) is 19.9 Å². The first-order chi connectivity index (χ1) is 8.18. The monoisotopic (exact) mass is 246 g/mol. The third-order valence-corrected chi connectivity index (χ3v) is 3.12. The molecule has 2 aromatic rings. The van der Waals surface area contributed by atoms with Gasteiger partial charge in [-0.05, 0) is 31.0 Å². The maximum absolute atomic E-state index is 6.09. The minimum atomic E-state index is 0.206. The quantitative estimate of drug-likeness (QED) is 0.877. The zero-order valence-corrected chi connectivity index (χ0v) is 10.7. The fourth-order valence-corrected chi connectivity index (χ4v) is 2.03. The predicted molar refractivity (Wildman–Crippen MR) is 72.5 cm³/mol. The highest BCUT2D eigenvalue weighted by Gasteiger charge is 2.09. The van der Waals surface area contributed by atoms with Gasteiger partial charge in [-0.15, -0.1) is 0 Å². The molecule has 0 radical (unpaired) electrons. The van der Waals surface area contributed by atoms with Gasteiger partial charge < -0.3 is 5.32 Å². The standard InChI is InChI=1S/C14H15ClN2/c1-10-5-3-4-6-12(10)11(2)17-14-9-16-8-7-13(14)15/h3-9,11,17H,1-2H3. The van der Waals surface area contributed by atoms with Crippen LogP contribution in [0.4, 0.5) is 5.69 Å². The Bertz CT molecular complexity index is 511. The molecule has 0 spiro atoms.